The van der Waals surface area contributed by atoms with Gasteiger partial charge in [-0.1, -0.05) is 50.2 Å². The van der Waals surface area contributed by atoms with Gasteiger partial charge in [-0.3, -0.25) is 9.59 Å². The molecular formula is C24H28F3N3O2. The van der Waals surface area contributed by atoms with Crippen LogP contribution in [0.3, 0.4) is 0 Å². The fourth-order valence-electron chi connectivity index (χ4n) is 3.78. The van der Waals surface area contributed by atoms with Gasteiger partial charge >= 0.3 is 6.18 Å². The number of nitrogens with one attached hydrogen (secondary N) is 1. The lowest BCUT2D eigenvalue weighted by atomic mass is 10.0. The Morgan fingerprint density at radius 2 is 1.62 bits per heavy atom. The number of alkyl halides is 3. The summed E-state index contributed by atoms with van der Waals surface area (Å²) in [6.45, 7) is 5.37. The van der Waals surface area contributed by atoms with E-state index in [0.29, 0.717) is 31.9 Å². The summed E-state index contributed by atoms with van der Waals surface area (Å²) < 4.78 is 39.0. The maximum atomic E-state index is 13.1. The van der Waals surface area contributed by atoms with E-state index >= 15 is 0 Å². The zero-order valence-corrected chi connectivity index (χ0v) is 18.2. The second kappa shape index (κ2) is 10.1. The molecule has 3 rings (SSSR count). The molecule has 2 amide bonds. The number of carbonyl (C=O) groups excluding carboxylic acids is 2. The number of carbonyl (C=O) groups is 2. The number of benzene rings is 2. The molecule has 1 aliphatic rings. The number of piperazine rings is 1. The molecule has 0 saturated carbocycles. The van der Waals surface area contributed by atoms with Crippen LogP contribution in [-0.2, 0) is 22.2 Å². The summed E-state index contributed by atoms with van der Waals surface area (Å²) in [4.78, 5) is 29.1. The van der Waals surface area contributed by atoms with Crippen molar-refractivity contribution >= 4 is 17.5 Å². The standard InChI is InChI=1S/C24H28F3N3O2/c1-17(2)22(28-21(31)15-18-7-4-3-5-8-18)23(32)30-13-11-29(12-14-30)20-10-6-9-19(16-20)24(25,26)27/h3-10,16-17,22H,11-15H2,1-2H3,(H,28,31)/t22-/m0/s1. The summed E-state index contributed by atoms with van der Waals surface area (Å²) in [5, 5.41) is 2.86. The summed E-state index contributed by atoms with van der Waals surface area (Å²) in [6, 6.07) is 13.9. The van der Waals surface area contributed by atoms with E-state index in [1.54, 1.807) is 11.0 Å². The van der Waals surface area contributed by atoms with Gasteiger partial charge in [0.2, 0.25) is 11.8 Å². The van der Waals surface area contributed by atoms with Gasteiger partial charge in [0.25, 0.3) is 0 Å². The normalized spacial score (nSPS) is 15.6. The van der Waals surface area contributed by atoms with Gasteiger partial charge in [-0.15, -0.1) is 0 Å². The minimum absolute atomic E-state index is 0.0938. The molecule has 1 atom stereocenters. The largest absolute Gasteiger partial charge is 0.416 e. The zero-order valence-electron chi connectivity index (χ0n) is 18.2. The van der Waals surface area contributed by atoms with E-state index in [0.717, 1.165) is 17.7 Å². The molecule has 0 unspecified atom stereocenters. The van der Waals surface area contributed by atoms with Crippen molar-refractivity contribution in [2.24, 2.45) is 5.92 Å². The second-order valence-corrected chi connectivity index (χ2v) is 8.31. The Hall–Kier alpha value is -3.03. The van der Waals surface area contributed by atoms with Gasteiger partial charge in [-0.2, -0.15) is 13.2 Å². The fraction of sp³-hybridized carbons (Fsp3) is 0.417. The van der Waals surface area contributed by atoms with Crippen LogP contribution in [0, 0.1) is 5.92 Å². The number of anilines is 1. The summed E-state index contributed by atoms with van der Waals surface area (Å²) in [7, 11) is 0. The molecule has 0 aliphatic carbocycles. The summed E-state index contributed by atoms with van der Waals surface area (Å²) in [6.07, 6.45) is -4.20. The van der Waals surface area contributed by atoms with Gasteiger partial charge < -0.3 is 15.1 Å². The Labute approximate surface area is 186 Å². The molecule has 1 fully saturated rings. The molecule has 0 bridgehead atoms. The first-order chi connectivity index (χ1) is 15.1. The van der Waals surface area contributed by atoms with Gasteiger partial charge in [-0.25, -0.2) is 0 Å². The van der Waals surface area contributed by atoms with Crippen LogP contribution in [0.1, 0.15) is 25.0 Å². The number of nitrogens with zero attached hydrogens (tertiary/aromatic N) is 2. The fourth-order valence-corrected chi connectivity index (χ4v) is 3.78. The molecule has 8 heteroatoms. The van der Waals surface area contributed by atoms with Crippen molar-refractivity contribution in [2.75, 3.05) is 31.1 Å². The predicted octanol–water partition coefficient (Wildman–Crippen LogP) is 3.74. The first kappa shape index (κ1) is 23.6. The summed E-state index contributed by atoms with van der Waals surface area (Å²) >= 11 is 0. The molecule has 1 saturated heterocycles. The van der Waals surface area contributed by atoms with E-state index < -0.39 is 17.8 Å². The van der Waals surface area contributed by atoms with Crippen LogP contribution >= 0.6 is 0 Å². The van der Waals surface area contributed by atoms with Crippen LogP contribution in [0.2, 0.25) is 0 Å². The lowest BCUT2D eigenvalue weighted by Gasteiger charge is -2.38. The minimum Gasteiger partial charge on any atom is -0.368 e. The molecule has 0 aromatic heterocycles. The molecule has 0 spiro atoms. The van der Waals surface area contributed by atoms with Crippen molar-refractivity contribution in [1.29, 1.82) is 0 Å². The van der Waals surface area contributed by atoms with Gasteiger partial charge in [-0.05, 0) is 29.7 Å². The quantitative estimate of drug-likeness (QED) is 0.734. The highest BCUT2D eigenvalue weighted by Crippen LogP contribution is 2.32. The Bertz CT molecular complexity index is 924. The molecule has 2 aromatic carbocycles. The second-order valence-electron chi connectivity index (χ2n) is 8.31. The van der Waals surface area contributed by atoms with Gasteiger partial charge in [0.05, 0.1) is 12.0 Å². The SMILES string of the molecule is CC(C)[C@H](NC(=O)Cc1ccccc1)C(=O)N1CCN(c2cccc(C(F)(F)F)c2)CC1. The van der Waals surface area contributed by atoms with E-state index in [1.165, 1.54) is 6.07 Å². The van der Waals surface area contributed by atoms with Crippen molar-refractivity contribution in [1.82, 2.24) is 10.2 Å². The average molecular weight is 448 g/mol. The zero-order chi connectivity index (χ0) is 23.3. The number of amides is 2. The number of hydrogen-bond donors (Lipinski definition) is 1. The van der Waals surface area contributed by atoms with E-state index in [2.05, 4.69) is 5.32 Å². The molecule has 1 heterocycles. The van der Waals surface area contributed by atoms with Gasteiger partial charge in [0.1, 0.15) is 6.04 Å². The van der Waals surface area contributed by atoms with E-state index in [-0.39, 0.29) is 24.2 Å². The molecule has 172 valence electrons. The van der Waals surface area contributed by atoms with Crippen molar-refractivity contribution in [2.45, 2.75) is 32.5 Å². The van der Waals surface area contributed by atoms with Crippen LogP contribution in [0.25, 0.3) is 0 Å². The van der Waals surface area contributed by atoms with Gasteiger partial charge in [0, 0.05) is 31.9 Å². The van der Waals surface area contributed by atoms with Crippen LogP contribution in [0.15, 0.2) is 54.6 Å². The third-order valence-electron chi connectivity index (χ3n) is 5.59. The molecular weight excluding hydrogens is 419 g/mol. The third-order valence-corrected chi connectivity index (χ3v) is 5.59. The Kier molecular flexibility index (Phi) is 7.43. The maximum absolute atomic E-state index is 13.1. The molecule has 32 heavy (non-hydrogen) atoms. The first-order valence-corrected chi connectivity index (χ1v) is 10.7. The van der Waals surface area contributed by atoms with Crippen LogP contribution in [0.4, 0.5) is 18.9 Å². The van der Waals surface area contributed by atoms with Gasteiger partial charge in [0.15, 0.2) is 0 Å². The number of rotatable bonds is 6. The van der Waals surface area contributed by atoms with E-state index in [4.69, 9.17) is 0 Å². The van der Waals surface area contributed by atoms with Crippen LogP contribution in [0.5, 0.6) is 0 Å². The van der Waals surface area contributed by atoms with E-state index in [9.17, 15) is 22.8 Å². The Morgan fingerprint density at radius 3 is 2.22 bits per heavy atom. The Morgan fingerprint density at radius 1 is 0.969 bits per heavy atom. The monoisotopic (exact) mass is 447 g/mol. The molecule has 1 aliphatic heterocycles. The van der Waals surface area contributed by atoms with Crippen molar-refractivity contribution in [3.8, 4) is 0 Å². The number of halogens is 3. The first-order valence-electron chi connectivity index (χ1n) is 10.7. The summed E-state index contributed by atoms with van der Waals surface area (Å²) in [5.74, 6) is -0.473. The lowest BCUT2D eigenvalue weighted by molar-refractivity contribution is -0.138. The van der Waals surface area contributed by atoms with Crippen molar-refractivity contribution in [3.05, 3.63) is 65.7 Å². The average Bonchev–Trinajstić information content (AvgIpc) is 2.77. The highest BCUT2D eigenvalue weighted by atomic mass is 19.4. The van der Waals surface area contributed by atoms with Crippen LogP contribution < -0.4 is 10.2 Å². The Balaban J connectivity index is 1.59. The van der Waals surface area contributed by atoms with Crippen molar-refractivity contribution < 1.29 is 22.8 Å². The van der Waals surface area contributed by atoms with Crippen molar-refractivity contribution in [3.63, 3.8) is 0 Å². The van der Waals surface area contributed by atoms with E-state index in [1.807, 2.05) is 49.1 Å². The maximum Gasteiger partial charge on any atom is 0.416 e. The molecule has 0 radical (unpaired) electrons. The number of hydrogen-bond acceptors (Lipinski definition) is 3. The predicted molar refractivity (Wildman–Crippen MR) is 117 cm³/mol. The highest BCUT2D eigenvalue weighted by Gasteiger charge is 2.33. The van der Waals surface area contributed by atoms with Crippen LogP contribution in [-0.4, -0.2) is 48.9 Å². The smallest absolute Gasteiger partial charge is 0.368 e. The molecule has 5 nitrogen and oxygen atoms in total. The minimum atomic E-state index is -4.39. The molecule has 2 aromatic rings. The highest BCUT2D eigenvalue weighted by molar-refractivity contribution is 5.88. The summed E-state index contributed by atoms with van der Waals surface area (Å²) in [5.41, 5.74) is 0.674. The lowest BCUT2D eigenvalue weighted by Crippen LogP contribution is -2.56. The topological polar surface area (TPSA) is 52.7 Å². The third kappa shape index (κ3) is 6.02. The molecule has 1 N–H and O–H groups in total.